The standard InChI is InChI=1S/C20H30N4O4/c1-20(2,3)28-19(27)24-12-4-5-16(14-24)18(26)22-11-8-17(25)23-13-15-6-9-21-10-7-15/h6-7,9-10,16H,4-5,8,11-14H2,1-3H3,(H,22,26)(H,23,25). The van der Waals surface area contributed by atoms with E-state index >= 15 is 0 Å². The molecule has 8 heteroatoms. The Kier molecular flexibility index (Phi) is 7.78. The van der Waals surface area contributed by atoms with Crippen LogP contribution in [0.15, 0.2) is 24.5 Å². The number of hydrogen-bond donors (Lipinski definition) is 2. The van der Waals surface area contributed by atoms with Gasteiger partial charge in [-0.3, -0.25) is 14.6 Å². The number of hydrogen-bond acceptors (Lipinski definition) is 5. The number of carbonyl (C=O) groups is 3. The van der Waals surface area contributed by atoms with Gasteiger partial charge in [-0.25, -0.2) is 4.79 Å². The summed E-state index contributed by atoms with van der Waals surface area (Å²) < 4.78 is 5.38. The van der Waals surface area contributed by atoms with E-state index in [2.05, 4.69) is 15.6 Å². The Balaban J connectivity index is 1.69. The number of likely N-dealkylation sites (tertiary alicyclic amines) is 1. The van der Waals surface area contributed by atoms with E-state index in [0.29, 0.717) is 19.6 Å². The zero-order valence-corrected chi connectivity index (χ0v) is 16.9. The highest BCUT2D eigenvalue weighted by molar-refractivity contribution is 5.81. The summed E-state index contributed by atoms with van der Waals surface area (Å²) in [5, 5.41) is 5.61. The topological polar surface area (TPSA) is 101 Å². The van der Waals surface area contributed by atoms with Crippen molar-refractivity contribution in [1.82, 2.24) is 20.5 Å². The van der Waals surface area contributed by atoms with Crippen LogP contribution in [0.3, 0.4) is 0 Å². The normalized spacial score (nSPS) is 17.0. The molecular weight excluding hydrogens is 360 g/mol. The van der Waals surface area contributed by atoms with Gasteiger partial charge in [-0.05, 0) is 51.3 Å². The number of aromatic nitrogens is 1. The van der Waals surface area contributed by atoms with Gasteiger partial charge in [-0.1, -0.05) is 0 Å². The minimum Gasteiger partial charge on any atom is -0.444 e. The minimum atomic E-state index is -0.560. The molecule has 2 N–H and O–H groups in total. The van der Waals surface area contributed by atoms with E-state index in [0.717, 1.165) is 18.4 Å². The van der Waals surface area contributed by atoms with Gasteiger partial charge in [0.2, 0.25) is 11.8 Å². The molecule has 0 aliphatic carbocycles. The number of rotatable bonds is 6. The van der Waals surface area contributed by atoms with Crippen LogP contribution in [-0.4, -0.2) is 53.0 Å². The van der Waals surface area contributed by atoms with Gasteiger partial charge in [0.1, 0.15) is 5.60 Å². The maximum atomic E-state index is 12.4. The Bertz CT molecular complexity index is 673. The van der Waals surface area contributed by atoms with Crippen LogP contribution in [-0.2, 0) is 20.9 Å². The van der Waals surface area contributed by atoms with Crippen LogP contribution in [0.5, 0.6) is 0 Å². The molecule has 1 atom stereocenters. The summed E-state index contributed by atoms with van der Waals surface area (Å²) in [4.78, 5) is 42.0. The molecule has 1 aliphatic heterocycles. The zero-order valence-electron chi connectivity index (χ0n) is 16.9. The average Bonchev–Trinajstić information content (AvgIpc) is 2.66. The Morgan fingerprint density at radius 3 is 2.61 bits per heavy atom. The molecule has 1 saturated heterocycles. The average molecular weight is 390 g/mol. The van der Waals surface area contributed by atoms with Crippen molar-refractivity contribution >= 4 is 17.9 Å². The second-order valence-electron chi connectivity index (χ2n) is 7.94. The van der Waals surface area contributed by atoms with Gasteiger partial charge >= 0.3 is 6.09 Å². The largest absolute Gasteiger partial charge is 0.444 e. The fourth-order valence-electron chi connectivity index (χ4n) is 2.92. The first kappa shape index (κ1) is 21.7. The summed E-state index contributed by atoms with van der Waals surface area (Å²) in [5.41, 5.74) is 0.410. The lowest BCUT2D eigenvalue weighted by atomic mass is 9.97. The van der Waals surface area contributed by atoms with Crippen molar-refractivity contribution in [3.05, 3.63) is 30.1 Å². The lowest BCUT2D eigenvalue weighted by molar-refractivity contribution is -0.126. The SMILES string of the molecule is CC(C)(C)OC(=O)N1CCCC(C(=O)NCCC(=O)NCc2ccncc2)C1. The van der Waals surface area contributed by atoms with Gasteiger partial charge in [0.05, 0.1) is 5.92 Å². The molecule has 2 heterocycles. The third-order valence-corrected chi connectivity index (χ3v) is 4.33. The second kappa shape index (κ2) is 10.1. The molecule has 0 aromatic carbocycles. The second-order valence-corrected chi connectivity index (χ2v) is 7.94. The van der Waals surface area contributed by atoms with E-state index in [-0.39, 0.29) is 36.8 Å². The minimum absolute atomic E-state index is 0.129. The van der Waals surface area contributed by atoms with E-state index in [1.165, 1.54) is 0 Å². The summed E-state index contributed by atoms with van der Waals surface area (Å²) in [6.45, 7) is 7.09. The number of carbonyl (C=O) groups excluding carboxylic acids is 3. The van der Waals surface area contributed by atoms with Gasteiger partial charge < -0.3 is 20.3 Å². The number of nitrogens with one attached hydrogen (secondary N) is 2. The highest BCUT2D eigenvalue weighted by Gasteiger charge is 2.30. The smallest absolute Gasteiger partial charge is 0.410 e. The molecule has 1 fully saturated rings. The van der Waals surface area contributed by atoms with E-state index in [4.69, 9.17) is 4.74 Å². The van der Waals surface area contributed by atoms with Gasteiger partial charge in [0.15, 0.2) is 0 Å². The molecule has 0 radical (unpaired) electrons. The summed E-state index contributed by atoms with van der Waals surface area (Å²) in [5.74, 6) is -0.535. The fourth-order valence-corrected chi connectivity index (χ4v) is 2.92. The van der Waals surface area contributed by atoms with Gasteiger partial charge in [-0.2, -0.15) is 0 Å². The Hall–Kier alpha value is -2.64. The molecule has 1 aromatic rings. The monoisotopic (exact) mass is 390 g/mol. The third-order valence-electron chi connectivity index (χ3n) is 4.33. The van der Waals surface area contributed by atoms with Crippen molar-refractivity contribution in [2.45, 2.75) is 52.2 Å². The lowest BCUT2D eigenvalue weighted by Gasteiger charge is -2.33. The predicted octanol–water partition coefficient (Wildman–Crippen LogP) is 1.85. The van der Waals surface area contributed by atoms with E-state index in [9.17, 15) is 14.4 Å². The van der Waals surface area contributed by atoms with Crippen LogP contribution in [0.25, 0.3) is 0 Å². The van der Waals surface area contributed by atoms with Gasteiger partial charge in [0, 0.05) is 45.0 Å². The summed E-state index contributed by atoms with van der Waals surface area (Å²) in [6, 6.07) is 3.67. The van der Waals surface area contributed by atoms with Crippen molar-refractivity contribution in [3.8, 4) is 0 Å². The van der Waals surface area contributed by atoms with Crippen LogP contribution in [0.2, 0.25) is 0 Å². The molecule has 2 rings (SSSR count). The summed E-state index contributed by atoms with van der Waals surface area (Å²) in [6.07, 6.45) is 4.64. The molecule has 28 heavy (non-hydrogen) atoms. The number of pyridine rings is 1. The number of amides is 3. The van der Waals surface area contributed by atoms with E-state index in [1.54, 1.807) is 17.3 Å². The van der Waals surface area contributed by atoms with Crippen molar-refractivity contribution < 1.29 is 19.1 Å². The predicted molar refractivity (Wildman–Crippen MR) is 104 cm³/mol. The van der Waals surface area contributed by atoms with Crippen molar-refractivity contribution in [3.63, 3.8) is 0 Å². The quantitative estimate of drug-likeness (QED) is 0.772. The third kappa shape index (κ3) is 7.54. The molecule has 1 aliphatic rings. The van der Waals surface area contributed by atoms with Crippen LogP contribution in [0.4, 0.5) is 4.79 Å². The molecular formula is C20H30N4O4. The van der Waals surface area contributed by atoms with Gasteiger partial charge in [0.25, 0.3) is 0 Å². The molecule has 1 aromatic heterocycles. The van der Waals surface area contributed by atoms with Gasteiger partial charge in [-0.15, -0.1) is 0 Å². The Morgan fingerprint density at radius 2 is 1.93 bits per heavy atom. The van der Waals surface area contributed by atoms with Crippen molar-refractivity contribution in [1.29, 1.82) is 0 Å². The van der Waals surface area contributed by atoms with Crippen LogP contribution in [0, 0.1) is 5.92 Å². The van der Waals surface area contributed by atoms with Crippen molar-refractivity contribution in [2.24, 2.45) is 5.92 Å². The maximum Gasteiger partial charge on any atom is 0.410 e. The maximum absolute atomic E-state index is 12.4. The lowest BCUT2D eigenvalue weighted by Crippen LogP contribution is -2.47. The Morgan fingerprint density at radius 1 is 1.21 bits per heavy atom. The number of ether oxygens (including phenoxy) is 1. The molecule has 1 unspecified atom stereocenters. The van der Waals surface area contributed by atoms with Crippen molar-refractivity contribution in [2.75, 3.05) is 19.6 Å². The first-order valence-corrected chi connectivity index (χ1v) is 9.66. The molecule has 0 bridgehead atoms. The Labute approximate surface area is 166 Å². The summed E-state index contributed by atoms with van der Waals surface area (Å²) in [7, 11) is 0. The number of piperidine rings is 1. The molecule has 3 amide bonds. The number of nitrogens with zero attached hydrogens (tertiary/aromatic N) is 2. The van der Waals surface area contributed by atoms with E-state index < -0.39 is 5.60 Å². The first-order valence-electron chi connectivity index (χ1n) is 9.66. The fraction of sp³-hybridized carbons (Fsp3) is 0.600. The first-order chi connectivity index (χ1) is 13.2. The highest BCUT2D eigenvalue weighted by Crippen LogP contribution is 2.19. The molecule has 8 nitrogen and oxygen atoms in total. The summed E-state index contributed by atoms with van der Waals surface area (Å²) >= 11 is 0. The molecule has 154 valence electrons. The highest BCUT2D eigenvalue weighted by atomic mass is 16.6. The van der Waals surface area contributed by atoms with Crippen LogP contribution < -0.4 is 10.6 Å². The van der Waals surface area contributed by atoms with Crippen LogP contribution in [0.1, 0.15) is 45.6 Å². The van der Waals surface area contributed by atoms with E-state index in [1.807, 2.05) is 32.9 Å². The molecule has 0 spiro atoms. The van der Waals surface area contributed by atoms with Crippen LogP contribution >= 0.6 is 0 Å². The molecule has 0 saturated carbocycles. The zero-order chi connectivity index (χ0) is 20.6.